The predicted molar refractivity (Wildman–Crippen MR) is 149 cm³/mol. The van der Waals surface area contributed by atoms with Crippen molar-refractivity contribution in [2.75, 3.05) is 20.8 Å². The fraction of sp³-hybridized carbons (Fsp3) is 0.290. The molecule has 1 aliphatic rings. The monoisotopic (exact) mass is 544 g/mol. The van der Waals surface area contributed by atoms with E-state index in [2.05, 4.69) is 4.98 Å². The second-order valence-corrected chi connectivity index (χ2v) is 9.73. The topological polar surface area (TPSA) is 112 Å². The van der Waals surface area contributed by atoms with Gasteiger partial charge in [0.15, 0.2) is 0 Å². The second-order valence-electron chi connectivity index (χ2n) is 9.73. The maximum atomic E-state index is 12.5. The van der Waals surface area contributed by atoms with Gasteiger partial charge in [0.25, 0.3) is 5.56 Å². The minimum atomic E-state index is -1.08. The molecule has 1 aromatic heterocycles. The molecule has 2 N–H and O–H groups in total. The van der Waals surface area contributed by atoms with Crippen LogP contribution in [0.1, 0.15) is 34.9 Å². The van der Waals surface area contributed by atoms with Crippen molar-refractivity contribution in [2.24, 2.45) is 0 Å². The Labute approximate surface area is 231 Å². The van der Waals surface area contributed by atoms with Crippen molar-refractivity contribution in [3.8, 4) is 11.5 Å². The molecule has 0 unspecified atom stereocenters. The molecule has 0 aliphatic carbocycles. The first kappa shape index (κ1) is 27.4. The molecule has 3 atom stereocenters. The van der Waals surface area contributed by atoms with Crippen LogP contribution in [0.25, 0.3) is 0 Å². The summed E-state index contributed by atoms with van der Waals surface area (Å²) < 4.78 is 25.1. The van der Waals surface area contributed by atoms with E-state index in [1.54, 1.807) is 21.1 Å². The summed E-state index contributed by atoms with van der Waals surface area (Å²) in [4.78, 5) is 26.6. The first-order valence-corrected chi connectivity index (χ1v) is 13.0. The molecule has 3 aromatic carbocycles. The first-order chi connectivity index (χ1) is 19.3. The summed E-state index contributed by atoms with van der Waals surface area (Å²) in [5.41, 5.74) is 0.825. The lowest BCUT2D eigenvalue weighted by molar-refractivity contribution is -0.0944. The Morgan fingerprint density at radius 2 is 1.45 bits per heavy atom. The van der Waals surface area contributed by atoms with Gasteiger partial charge in [-0.05, 0) is 47.9 Å². The van der Waals surface area contributed by atoms with Crippen LogP contribution in [-0.2, 0) is 15.1 Å². The zero-order chi connectivity index (χ0) is 28.3. The van der Waals surface area contributed by atoms with E-state index in [1.807, 2.05) is 78.9 Å². The molecule has 2 heterocycles. The largest absolute Gasteiger partial charge is 0.497 e. The number of aromatic amines is 1. The Balaban J connectivity index is 1.54. The van der Waals surface area contributed by atoms with E-state index in [1.165, 1.54) is 10.8 Å². The van der Waals surface area contributed by atoms with Crippen LogP contribution in [0.4, 0.5) is 0 Å². The third-order valence-corrected chi connectivity index (χ3v) is 7.30. The van der Waals surface area contributed by atoms with Crippen LogP contribution in [0, 0.1) is 6.92 Å². The van der Waals surface area contributed by atoms with Gasteiger partial charge in [0.1, 0.15) is 29.4 Å². The van der Waals surface area contributed by atoms with Crippen molar-refractivity contribution in [1.29, 1.82) is 0 Å². The van der Waals surface area contributed by atoms with Crippen LogP contribution in [-0.4, -0.2) is 47.7 Å². The minimum Gasteiger partial charge on any atom is -0.497 e. The van der Waals surface area contributed by atoms with Crippen molar-refractivity contribution < 1.29 is 24.1 Å². The molecule has 208 valence electrons. The van der Waals surface area contributed by atoms with Crippen molar-refractivity contribution >= 4 is 0 Å². The molecule has 1 saturated heterocycles. The summed E-state index contributed by atoms with van der Waals surface area (Å²) in [5.74, 6) is 1.42. The molecule has 9 heteroatoms. The third kappa shape index (κ3) is 5.19. The zero-order valence-electron chi connectivity index (χ0n) is 22.6. The van der Waals surface area contributed by atoms with Gasteiger partial charge >= 0.3 is 5.69 Å². The Morgan fingerprint density at radius 3 is 2.00 bits per heavy atom. The number of H-pyrrole nitrogens is 1. The molecular formula is C31H32N2O7. The van der Waals surface area contributed by atoms with E-state index >= 15 is 0 Å². The van der Waals surface area contributed by atoms with E-state index in [-0.39, 0.29) is 13.0 Å². The molecular weight excluding hydrogens is 512 g/mol. The SMILES string of the molecule is COc1ccc(C(OC[C@@H]2O[C@@H](n3cc(C)c(=O)[nH]c3=O)C[C@H]2O)(c2ccccc2)c2ccc(OC)cc2)cc1. The molecule has 0 radical (unpaired) electrons. The van der Waals surface area contributed by atoms with Gasteiger partial charge in [0.05, 0.1) is 26.9 Å². The van der Waals surface area contributed by atoms with Gasteiger partial charge in [-0.25, -0.2) is 4.79 Å². The van der Waals surface area contributed by atoms with Crippen LogP contribution >= 0.6 is 0 Å². The normalized spacial score (nSPS) is 18.9. The van der Waals surface area contributed by atoms with Crippen LogP contribution < -0.4 is 20.7 Å². The Morgan fingerprint density at radius 1 is 0.900 bits per heavy atom. The first-order valence-electron chi connectivity index (χ1n) is 13.0. The Hall–Kier alpha value is -4.18. The van der Waals surface area contributed by atoms with Gasteiger partial charge in [-0.2, -0.15) is 0 Å². The Bertz CT molecular complexity index is 1500. The molecule has 1 fully saturated rings. The van der Waals surface area contributed by atoms with Crippen molar-refractivity contribution in [1.82, 2.24) is 9.55 Å². The number of aromatic nitrogens is 2. The fourth-order valence-electron chi connectivity index (χ4n) is 5.12. The maximum Gasteiger partial charge on any atom is 0.330 e. The zero-order valence-corrected chi connectivity index (χ0v) is 22.6. The molecule has 0 bridgehead atoms. The van der Waals surface area contributed by atoms with E-state index in [4.69, 9.17) is 18.9 Å². The average molecular weight is 545 g/mol. The van der Waals surface area contributed by atoms with Crippen LogP contribution in [0.3, 0.4) is 0 Å². The maximum absolute atomic E-state index is 12.5. The van der Waals surface area contributed by atoms with Gasteiger partial charge in [-0.15, -0.1) is 0 Å². The quantitative estimate of drug-likeness (QED) is 0.310. The minimum absolute atomic E-state index is 0.0156. The predicted octanol–water partition coefficient (Wildman–Crippen LogP) is 3.52. The second kappa shape index (κ2) is 11.5. The van der Waals surface area contributed by atoms with E-state index < -0.39 is 35.3 Å². The van der Waals surface area contributed by atoms with Crippen LogP contribution in [0.2, 0.25) is 0 Å². The molecule has 0 amide bonds. The number of aliphatic hydroxyl groups excluding tert-OH is 1. The van der Waals surface area contributed by atoms with Gasteiger partial charge in [0, 0.05) is 18.2 Å². The highest BCUT2D eigenvalue weighted by Crippen LogP contribution is 2.42. The number of nitrogens with one attached hydrogen (secondary N) is 1. The lowest BCUT2D eigenvalue weighted by Crippen LogP contribution is -2.38. The molecule has 0 spiro atoms. The number of benzene rings is 3. The van der Waals surface area contributed by atoms with Crippen LogP contribution in [0.15, 0.2) is 94.6 Å². The van der Waals surface area contributed by atoms with E-state index in [0.717, 1.165) is 16.7 Å². The Kier molecular flexibility index (Phi) is 7.88. The standard InChI is InChI=1S/C31H32N2O7/c1-20-18-33(30(36)32-29(20)35)28-17-26(34)27(40-28)19-39-31(21-7-5-4-6-8-21,22-9-13-24(37-2)14-10-22)23-11-15-25(38-3)16-12-23/h4-16,18,26-28,34H,17,19H2,1-3H3,(H,32,35,36)/t26-,27+,28-/m1/s1. The third-order valence-electron chi connectivity index (χ3n) is 7.30. The van der Waals surface area contributed by atoms with Crippen molar-refractivity contribution in [3.63, 3.8) is 0 Å². The number of methoxy groups -OCH3 is 2. The summed E-state index contributed by atoms with van der Waals surface area (Å²) in [6, 6.07) is 25.1. The van der Waals surface area contributed by atoms with Crippen molar-refractivity contribution in [2.45, 2.75) is 37.4 Å². The summed E-state index contributed by atoms with van der Waals surface area (Å²) in [6.45, 7) is 1.63. The number of hydrogen-bond donors (Lipinski definition) is 2. The molecule has 40 heavy (non-hydrogen) atoms. The average Bonchev–Trinajstić information content (AvgIpc) is 3.36. The summed E-state index contributed by atoms with van der Waals surface area (Å²) in [7, 11) is 3.23. The fourth-order valence-corrected chi connectivity index (χ4v) is 5.12. The number of ether oxygens (including phenoxy) is 4. The van der Waals surface area contributed by atoms with Gasteiger partial charge in [0.2, 0.25) is 0 Å². The van der Waals surface area contributed by atoms with Gasteiger partial charge in [-0.3, -0.25) is 14.3 Å². The molecule has 1 aliphatic heterocycles. The van der Waals surface area contributed by atoms with Crippen molar-refractivity contribution in [3.05, 3.63) is 128 Å². The van der Waals surface area contributed by atoms with Gasteiger partial charge < -0.3 is 24.1 Å². The molecule has 0 saturated carbocycles. The molecule has 5 rings (SSSR count). The molecule has 9 nitrogen and oxygen atoms in total. The smallest absolute Gasteiger partial charge is 0.330 e. The highest BCUT2D eigenvalue weighted by molar-refractivity contribution is 5.49. The number of rotatable bonds is 9. The van der Waals surface area contributed by atoms with E-state index in [0.29, 0.717) is 17.1 Å². The number of hydrogen-bond acceptors (Lipinski definition) is 7. The number of aryl methyl sites for hydroxylation is 1. The summed E-state index contributed by atoms with van der Waals surface area (Å²) in [5, 5.41) is 11.0. The lowest BCUT2D eigenvalue weighted by atomic mass is 9.80. The van der Waals surface area contributed by atoms with E-state index in [9.17, 15) is 14.7 Å². The summed E-state index contributed by atoms with van der Waals surface area (Å²) in [6.07, 6.45) is -0.763. The van der Waals surface area contributed by atoms with Gasteiger partial charge in [-0.1, -0.05) is 54.6 Å². The highest BCUT2D eigenvalue weighted by atomic mass is 16.6. The summed E-state index contributed by atoms with van der Waals surface area (Å²) >= 11 is 0. The highest BCUT2D eigenvalue weighted by Gasteiger charge is 2.42. The van der Waals surface area contributed by atoms with Crippen LogP contribution in [0.5, 0.6) is 11.5 Å². The number of nitrogens with zero attached hydrogens (tertiary/aromatic N) is 1. The lowest BCUT2D eigenvalue weighted by Gasteiger charge is -2.37. The molecule has 4 aromatic rings. The number of aliphatic hydroxyl groups is 1.